The number of sulfonamides is 1. The molecule has 108 valence electrons. The average molecular weight is 297 g/mol. The van der Waals surface area contributed by atoms with Crippen LogP contribution in [0.3, 0.4) is 0 Å². The highest BCUT2D eigenvalue weighted by molar-refractivity contribution is 7.89. The topological polar surface area (TPSA) is 63.4 Å². The molecule has 0 bridgehead atoms. The van der Waals surface area contributed by atoms with E-state index in [0.29, 0.717) is 24.8 Å². The molecule has 2 N–H and O–H groups in total. The number of rotatable bonds is 4. The van der Waals surface area contributed by atoms with Crippen molar-refractivity contribution in [3.05, 3.63) is 0 Å². The second-order valence-electron chi connectivity index (χ2n) is 5.69. The molecule has 1 aliphatic carbocycles. The second kappa shape index (κ2) is 6.55. The van der Waals surface area contributed by atoms with Gasteiger partial charge in [0.05, 0.1) is 5.75 Å². The van der Waals surface area contributed by atoms with Crippen molar-refractivity contribution < 1.29 is 8.42 Å². The van der Waals surface area contributed by atoms with Gasteiger partial charge in [-0.1, -0.05) is 26.2 Å². The number of hydrogen-bond donors (Lipinski definition) is 1. The van der Waals surface area contributed by atoms with Crippen molar-refractivity contribution >= 4 is 22.4 Å². The zero-order chi connectivity index (χ0) is 12.5. The Bertz CT molecular complexity index is 357. The van der Waals surface area contributed by atoms with Crippen LogP contribution in [0.25, 0.3) is 0 Å². The van der Waals surface area contributed by atoms with Gasteiger partial charge >= 0.3 is 0 Å². The monoisotopic (exact) mass is 296 g/mol. The highest BCUT2D eigenvalue weighted by atomic mass is 35.5. The maximum absolute atomic E-state index is 12.2. The zero-order valence-electron chi connectivity index (χ0n) is 11.0. The lowest BCUT2D eigenvalue weighted by Crippen LogP contribution is -2.48. The Hall–Kier alpha value is 0.160. The number of nitrogens with two attached hydrogens (primary N) is 1. The number of nitrogens with zero attached hydrogens (tertiary/aromatic N) is 1. The summed E-state index contributed by atoms with van der Waals surface area (Å²) in [4.78, 5) is 0. The predicted molar refractivity (Wildman–Crippen MR) is 76.3 cm³/mol. The van der Waals surface area contributed by atoms with E-state index in [2.05, 4.69) is 0 Å². The minimum atomic E-state index is -3.03. The SMILES string of the molecule is CC1CN(S(=O)(=O)CCC2CCC2)CCC1N.Cl. The van der Waals surface area contributed by atoms with Gasteiger partial charge in [0.1, 0.15) is 0 Å². The highest BCUT2D eigenvalue weighted by Gasteiger charge is 2.31. The summed E-state index contributed by atoms with van der Waals surface area (Å²) in [5, 5.41) is 0. The highest BCUT2D eigenvalue weighted by Crippen LogP contribution is 2.30. The van der Waals surface area contributed by atoms with Crippen molar-refractivity contribution in [1.29, 1.82) is 0 Å². The molecule has 1 saturated heterocycles. The molecule has 1 saturated carbocycles. The Morgan fingerprint density at radius 2 is 1.94 bits per heavy atom. The summed E-state index contributed by atoms with van der Waals surface area (Å²) in [6.07, 6.45) is 5.36. The lowest BCUT2D eigenvalue weighted by atomic mass is 9.84. The van der Waals surface area contributed by atoms with Gasteiger partial charge in [-0.05, 0) is 24.7 Å². The van der Waals surface area contributed by atoms with E-state index in [0.717, 1.165) is 12.8 Å². The van der Waals surface area contributed by atoms with E-state index in [-0.39, 0.29) is 24.4 Å². The molecular formula is C12H25ClN2O2S. The molecule has 1 aliphatic heterocycles. The molecule has 1 heterocycles. The summed E-state index contributed by atoms with van der Waals surface area (Å²) >= 11 is 0. The lowest BCUT2D eigenvalue weighted by Gasteiger charge is -2.35. The first-order valence-corrected chi connectivity index (χ1v) is 8.33. The number of hydrogen-bond acceptors (Lipinski definition) is 3. The van der Waals surface area contributed by atoms with Crippen LogP contribution in [0.2, 0.25) is 0 Å². The summed E-state index contributed by atoms with van der Waals surface area (Å²) < 4.78 is 26.0. The van der Waals surface area contributed by atoms with Crippen LogP contribution >= 0.6 is 12.4 Å². The summed E-state index contributed by atoms with van der Waals surface area (Å²) in [6.45, 7) is 3.25. The Morgan fingerprint density at radius 3 is 2.44 bits per heavy atom. The fourth-order valence-electron chi connectivity index (χ4n) is 2.60. The molecule has 4 nitrogen and oxygen atoms in total. The van der Waals surface area contributed by atoms with Crippen LogP contribution in [-0.2, 0) is 10.0 Å². The molecule has 2 aliphatic rings. The fraction of sp³-hybridized carbons (Fsp3) is 1.00. The minimum absolute atomic E-state index is 0. The molecule has 6 heteroatoms. The van der Waals surface area contributed by atoms with Gasteiger partial charge in [-0.3, -0.25) is 0 Å². The number of piperidine rings is 1. The standard InChI is InChI=1S/C12H24N2O2S.ClH/c1-10-9-14(7-5-12(10)13)17(15,16)8-6-11-3-2-4-11;/h10-12H,2-9,13H2,1H3;1H. The Labute approximate surface area is 117 Å². The van der Waals surface area contributed by atoms with Crippen LogP contribution in [0.5, 0.6) is 0 Å². The van der Waals surface area contributed by atoms with Crippen LogP contribution in [0.4, 0.5) is 0 Å². The quantitative estimate of drug-likeness (QED) is 0.857. The normalized spacial score (nSPS) is 30.6. The van der Waals surface area contributed by atoms with Crippen LogP contribution in [0.15, 0.2) is 0 Å². The van der Waals surface area contributed by atoms with Gasteiger partial charge in [0, 0.05) is 19.1 Å². The van der Waals surface area contributed by atoms with Crippen LogP contribution in [0.1, 0.15) is 39.0 Å². The fourth-order valence-corrected chi connectivity index (χ4v) is 4.34. The molecule has 2 unspecified atom stereocenters. The van der Waals surface area contributed by atoms with E-state index in [1.54, 1.807) is 4.31 Å². The van der Waals surface area contributed by atoms with Crippen molar-refractivity contribution in [1.82, 2.24) is 4.31 Å². The lowest BCUT2D eigenvalue weighted by molar-refractivity contribution is 0.247. The zero-order valence-corrected chi connectivity index (χ0v) is 12.7. The van der Waals surface area contributed by atoms with Gasteiger partial charge < -0.3 is 5.73 Å². The maximum Gasteiger partial charge on any atom is 0.214 e. The largest absolute Gasteiger partial charge is 0.327 e. The average Bonchev–Trinajstić information content (AvgIpc) is 2.19. The summed E-state index contributed by atoms with van der Waals surface area (Å²) in [6, 6.07) is 0.160. The minimum Gasteiger partial charge on any atom is -0.327 e. The van der Waals surface area contributed by atoms with E-state index < -0.39 is 10.0 Å². The van der Waals surface area contributed by atoms with Gasteiger partial charge in [-0.15, -0.1) is 12.4 Å². The van der Waals surface area contributed by atoms with E-state index in [1.165, 1.54) is 19.3 Å². The molecule has 2 rings (SSSR count). The van der Waals surface area contributed by atoms with Crippen molar-refractivity contribution in [2.24, 2.45) is 17.6 Å². The van der Waals surface area contributed by atoms with E-state index >= 15 is 0 Å². The van der Waals surface area contributed by atoms with Crippen LogP contribution in [-0.4, -0.2) is 37.6 Å². The van der Waals surface area contributed by atoms with Gasteiger partial charge in [0.2, 0.25) is 10.0 Å². The van der Waals surface area contributed by atoms with Crippen molar-refractivity contribution in [2.45, 2.75) is 45.1 Å². The van der Waals surface area contributed by atoms with Gasteiger partial charge in [0.15, 0.2) is 0 Å². The van der Waals surface area contributed by atoms with Crippen LogP contribution < -0.4 is 5.73 Å². The Balaban J connectivity index is 0.00000162. The first-order valence-electron chi connectivity index (χ1n) is 6.72. The molecule has 0 aromatic rings. The molecular weight excluding hydrogens is 272 g/mol. The van der Waals surface area contributed by atoms with Gasteiger partial charge in [-0.25, -0.2) is 12.7 Å². The first-order chi connectivity index (χ1) is 7.99. The summed E-state index contributed by atoms with van der Waals surface area (Å²) in [5.74, 6) is 1.27. The second-order valence-corrected chi connectivity index (χ2v) is 7.78. The third-order valence-electron chi connectivity index (χ3n) is 4.34. The molecule has 2 atom stereocenters. The van der Waals surface area contributed by atoms with Crippen molar-refractivity contribution in [3.63, 3.8) is 0 Å². The summed E-state index contributed by atoms with van der Waals surface area (Å²) in [5.41, 5.74) is 5.92. The molecule has 0 radical (unpaired) electrons. The Morgan fingerprint density at radius 1 is 1.28 bits per heavy atom. The van der Waals surface area contributed by atoms with E-state index in [1.807, 2.05) is 6.92 Å². The molecule has 0 aromatic carbocycles. The Kier molecular flexibility index (Phi) is 5.90. The van der Waals surface area contributed by atoms with Crippen LogP contribution in [0, 0.1) is 11.8 Å². The molecule has 0 amide bonds. The van der Waals surface area contributed by atoms with E-state index in [9.17, 15) is 8.42 Å². The molecule has 0 aromatic heterocycles. The van der Waals surface area contributed by atoms with Gasteiger partial charge in [-0.2, -0.15) is 0 Å². The smallest absolute Gasteiger partial charge is 0.214 e. The van der Waals surface area contributed by atoms with Gasteiger partial charge in [0.25, 0.3) is 0 Å². The van der Waals surface area contributed by atoms with Crippen molar-refractivity contribution in [2.75, 3.05) is 18.8 Å². The van der Waals surface area contributed by atoms with Crippen molar-refractivity contribution in [3.8, 4) is 0 Å². The van der Waals surface area contributed by atoms with E-state index in [4.69, 9.17) is 5.73 Å². The predicted octanol–water partition coefficient (Wildman–Crippen LogP) is 1.60. The summed E-state index contributed by atoms with van der Waals surface area (Å²) in [7, 11) is -3.03. The third-order valence-corrected chi connectivity index (χ3v) is 6.21. The maximum atomic E-state index is 12.2. The molecule has 0 spiro atoms. The third kappa shape index (κ3) is 3.83. The molecule has 18 heavy (non-hydrogen) atoms. The molecule has 2 fully saturated rings. The first kappa shape index (κ1) is 16.2. The number of halogens is 1.